The van der Waals surface area contributed by atoms with Crippen LogP contribution in [0.15, 0.2) is 0 Å². The third-order valence-electron chi connectivity index (χ3n) is 1.95. The maximum atomic E-state index is 13.4. The van der Waals surface area contributed by atoms with Gasteiger partial charge in [0.05, 0.1) is 8.96 Å². The number of hydrogen-bond donors (Lipinski definition) is 1. The van der Waals surface area contributed by atoms with Gasteiger partial charge in [-0.15, -0.1) is 0 Å². The molecule has 0 radical (unpaired) electrons. The fourth-order valence-electron chi connectivity index (χ4n) is 0.778. The van der Waals surface area contributed by atoms with Crippen LogP contribution < -0.4 is 5.73 Å². The topological polar surface area (TPSA) is 26.0 Å². The second-order valence-corrected chi connectivity index (χ2v) is 7.04. The summed E-state index contributed by atoms with van der Waals surface area (Å²) in [5.74, 6) is -8.40. The maximum absolute atomic E-state index is 13.4. The molecule has 0 aliphatic rings. The Morgan fingerprint density at radius 2 is 1.14 bits per heavy atom. The Morgan fingerprint density at radius 3 is 1.21 bits per heavy atom. The molecule has 0 amide bonds. The highest BCUT2D eigenvalue weighted by atomic mass is 127. The fraction of sp³-hybridized carbons (Fsp3) is 1.00. The number of nitrogens with two attached hydrogens (primary N) is 1. The molecule has 0 saturated carbocycles. The van der Waals surface area contributed by atoms with E-state index in [4.69, 9.17) is 5.73 Å². The molecule has 0 aromatic heterocycles. The summed E-state index contributed by atoms with van der Waals surface area (Å²) in [7, 11) is 0. The first kappa shape index (κ1) is 14.4. The Balaban J connectivity index is 5.30. The van der Waals surface area contributed by atoms with Crippen molar-refractivity contribution in [1.82, 2.24) is 0 Å². The zero-order valence-electron chi connectivity index (χ0n) is 8.47. The second kappa shape index (κ2) is 3.47. The monoisotopic (exact) mass is 327 g/mol. The molecule has 0 spiro atoms. The van der Waals surface area contributed by atoms with E-state index in [1.54, 1.807) is 0 Å². The molecule has 0 heterocycles. The van der Waals surface area contributed by atoms with E-state index in [9.17, 15) is 17.6 Å². The van der Waals surface area contributed by atoms with E-state index in [1.807, 2.05) is 0 Å². The lowest BCUT2D eigenvalue weighted by Crippen LogP contribution is -2.65. The van der Waals surface area contributed by atoms with E-state index in [2.05, 4.69) is 0 Å². The molecular formula is C8H14F4IN. The van der Waals surface area contributed by atoms with Crippen molar-refractivity contribution in [1.29, 1.82) is 0 Å². The summed E-state index contributed by atoms with van der Waals surface area (Å²) in [6.07, 6.45) is 0. The summed E-state index contributed by atoms with van der Waals surface area (Å²) in [5.41, 5.74) is 2.81. The predicted molar refractivity (Wildman–Crippen MR) is 56.3 cm³/mol. The Morgan fingerprint density at radius 1 is 0.857 bits per heavy atom. The molecule has 86 valence electrons. The first-order valence-electron chi connectivity index (χ1n) is 3.98. The van der Waals surface area contributed by atoms with E-state index in [-0.39, 0.29) is 0 Å². The van der Waals surface area contributed by atoms with Crippen LogP contribution in [0.25, 0.3) is 0 Å². The summed E-state index contributed by atoms with van der Waals surface area (Å²) in [5, 5.41) is 0. The Hall–Kier alpha value is 0.410. The van der Waals surface area contributed by atoms with Crippen LogP contribution in [0.4, 0.5) is 17.6 Å². The smallest absolute Gasteiger partial charge is 0.320 e. The van der Waals surface area contributed by atoms with Crippen LogP contribution in [-0.2, 0) is 0 Å². The average molecular weight is 327 g/mol. The van der Waals surface area contributed by atoms with Crippen molar-refractivity contribution in [3.8, 4) is 0 Å². The Bertz CT molecular complexity index is 190. The molecule has 2 N–H and O–H groups in total. The Kier molecular flexibility index (Phi) is 3.57. The molecular weight excluding hydrogens is 313 g/mol. The zero-order chi connectivity index (χ0) is 12.0. The van der Waals surface area contributed by atoms with Crippen molar-refractivity contribution in [2.75, 3.05) is 0 Å². The molecule has 0 bridgehead atoms. The molecule has 0 aliphatic carbocycles. The molecule has 0 aromatic rings. The van der Waals surface area contributed by atoms with Crippen molar-refractivity contribution >= 4 is 22.6 Å². The van der Waals surface area contributed by atoms with Crippen molar-refractivity contribution in [2.45, 2.75) is 48.5 Å². The normalized spacial score (nSPS) is 15.9. The first-order valence-corrected chi connectivity index (χ1v) is 5.06. The Labute approximate surface area is 94.6 Å². The van der Waals surface area contributed by atoms with Gasteiger partial charge >= 0.3 is 11.8 Å². The van der Waals surface area contributed by atoms with Gasteiger partial charge in [0.15, 0.2) is 0 Å². The standard InChI is InChI=1S/C8H14F4IN/c1-5(2,13)7(9,10)8(11,12)6(3,4)14/h14H2,1-4H3. The fourth-order valence-corrected chi connectivity index (χ4v) is 1.12. The number of hydrogen-bond acceptors (Lipinski definition) is 1. The van der Waals surface area contributed by atoms with Gasteiger partial charge in [-0.1, -0.05) is 22.6 Å². The maximum Gasteiger partial charge on any atom is 0.328 e. The molecule has 14 heavy (non-hydrogen) atoms. The summed E-state index contributed by atoms with van der Waals surface area (Å²) < 4.78 is 51.5. The van der Waals surface area contributed by atoms with Crippen molar-refractivity contribution in [2.24, 2.45) is 5.73 Å². The van der Waals surface area contributed by atoms with Crippen LogP contribution in [0.5, 0.6) is 0 Å². The van der Waals surface area contributed by atoms with Gasteiger partial charge in [-0.3, -0.25) is 0 Å². The number of rotatable bonds is 3. The number of alkyl halides is 5. The third kappa shape index (κ3) is 2.15. The van der Waals surface area contributed by atoms with Crippen molar-refractivity contribution in [3.63, 3.8) is 0 Å². The SMILES string of the molecule is CC(C)(N)C(F)(F)C(F)(F)C(C)(C)I. The summed E-state index contributed by atoms with van der Waals surface area (Å²) in [4.78, 5) is 0. The first-order chi connectivity index (χ1) is 5.75. The van der Waals surface area contributed by atoms with E-state index < -0.39 is 20.8 Å². The minimum atomic E-state index is -4.25. The molecule has 1 nitrogen and oxygen atoms in total. The second-order valence-electron chi connectivity index (χ2n) is 4.34. The summed E-state index contributed by atoms with van der Waals surface area (Å²) in [6, 6.07) is 0. The van der Waals surface area contributed by atoms with Gasteiger partial charge in [0.1, 0.15) is 0 Å². The molecule has 0 aromatic carbocycles. The van der Waals surface area contributed by atoms with Crippen molar-refractivity contribution in [3.05, 3.63) is 0 Å². The lowest BCUT2D eigenvalue weighted by atomic mass is 9.86. The largest absolute Gasteiger partial charge is 0.328 e. The highest BCUT2D eigenvalue weighted by molar-refractivity contribution is 14.1. The van der Waals surface area contributed by atoms with Gasteiger partial charge in [-0.25, -0.2) is 0 Å². The van der Waals surface area contributed by atoms with Gasteiger partial charge in [0.2, 0.25) is 0 Å². The third-order valence-corrected chi connectivity index (χ3v) is 2.63. The molecule has 6 heteroatoms. The quantitative estimate of drug-likeness (QED) is 0.481. The van der Waals surface area contributed by atoms with E-state index in [0.717, 1.165) is 27.7 Å². The van der Waals surface area contributed by atoms with E-state index in [0.29, 0.717) is 0 Å². The van der Waals surface area contributed by atoms with Gasteiger partial charge in [-0.2, -0.15) is 17.6 Å². The molecule has 0 rings (SSSR count). The lowest BCUT2D eigenvalue weighted by molar-refractivity contribution is -0.245. The van der Waals surface area contributed by atoms with Crippen LogP contribution in [0.1, 0.15) is 27.7 Å². The van der Waals surface area contributed by atoms with Crippen LogP contribution in [0.2, 0.25) is 0 Å². The molecule has 0 fully saturated rings. The minimum Gasteiger partial charge on any atom is -0.320 e. The van der Waals surface area contributed by atoms with Crippen molar-refractivity contribution < 1.29 is 17.6 Å². The summed E-state index contributed by atoms with van der Waals surface area (Å²) in [6.45, 7) is 3.88. The van der Waals surface area contributed by atoms with Crippen LogP contribution in [-0.4, -0.2) is 20.8 Å². The summed E-state index contributed by atoms with van der Waals surface area (Å²) >= 11 is 1.30. The van der Waals surface area contributed by atoms with Crippen LogP contribution in [0, 0.1) is 0 Å². The van der Waals surface area contributed by atoms with Gasteiger partial charge in [0, 0.05) is 0 Å². The molecule has 0 saturated heterocycles. The lowest BCUT2D eigenvalue weighted by Gasteiger charge is -2.41. The molecule has 0 atom stereocenters. The van der Waals surface area contributed by atoms with E-state index in [1.165, 1.54) is 22.6 Å². The molecule has 0 aliphatic heterocycles. The predicted octanol–water partition coefficient (Wildman–Crippen LogP) is 3.21. The number of halogens is 5. The highest BCUT2D eigenvalue weighted by Gasteiger charge is 2.69. The van der Waals surface area contributed by atoms with Gasteiger partial charge in [-0.05, 0) is 27.7 Å². The van der Waals surface area contributed by atoms with Crippen LogP contribution in [0.3, 0.4) is 0 Å². The van der Waals surface area contributed by atoms with E-state index >= 15 is 0 Å². The highest BCUT2D eigenvalue weighted by Crippen LogP contribution is 2.50. The molecule has 0 unspecified atom stereocenters. The van der Waals surface area contributed by atoms with Crippen LogP contribution >= 0.6 is 22.6 Å². The van der Waals surface area contributed by atoms with Gasteiger partial charge < -0.3 is 5.73 Å². The zero-order valence-corrected chi connectivity index (χ0v) is 10.6. The average Bonchev–Trinajstić information content (AvgIpc) is 1.81. The van der Waals surface area contributed by atoms with Gasteiger partial charge in [0.25, 0.3) is 0 Å². The minimum absolute atomic E-state index is 0.892.